The molecule has 0 saturated carbocycles. The number of furan rings is 1. The Morgan fingerprint density at radius 1 is 0.488 bits per heavy atom. The van der Waals surface area contributed by atoms with Gasteiger partial charge in [0.2, 0.25) is 0 Å². The quantitative estimate of drug-likeness (QED) is 0.225. The Labute approximate surface area is 236 Å². The number of hydrogen-bond donors (Lipinski definition) is 0. The largest absolute Gasteiger partial charge is 0.453 e. The summed E-state index contributed by atoms with van der Waals surface area (Å²) in [6.07, 6.45) is 2.18. The Bertz CT molecular complexity index is 2410. The molecule has 0 unspecified atom stereocenters. The van der Waals surface area contributed by atoms with Crippen LogP contribution in [0.15, 0.2) is 150 Å². The van der Waals surface area contributed by atoms with E-state index in [0.717, 1.165) is 55.5 Å². The fraction of sp³-hybridized carbons (Fsp3) is 0. The predicted molar refractivity (Wildman–Crippen MR) is 170 cm³/mol. The highest BCUT2D eigenvalue weighted by Gasteiger charge is 2.21. The van der Waals surface area contributed by atoms with Gasteiger partial charge in [0, 0.05) is 44.4 Å². The van der Waals surface area contributed by atoms with Gasteiger partial charge in [-0.2, -0.15) is 0 Å². The topological polar surface area (TPSA) is 23.0 Å². The molecule has 0 radical (unpaired) electrons. The molecule has 6 aromatic carbocycles. The molecule has 3 heterocycles. The van der Waals surface area contributed by atoms with Gasteiger partial charge >= 0.3 is 0 Å². The summed E-state index contributed by atoms with van der Waals surface area (Å²) in [5.74, 6) is 0. The molecule has 3 heteroatoms. The normalized spacial score (nSPS) is 11.9. The van der Waals surface area contributed by atoms with E-state index in [4.69, 9.17) is 4.42 Å². The molecule has 0 aliphatic carbocycles. The average Bonchev–Trinajstić information content (AvgIpc) is 3.73. The van der Waals surface area contributed by atoms with Gasteiger partial charge in [0.15, 0.2) is 5.58 Å². The van der Waals surface area contributed by atoms with Gasteiger partial charge in [-0.15, -0.1) is 0 Å². The minimum atomic E-state index is 0.895. The molecule has 0 aliphatic heterocycles. The van der Waals surface area contributed by atoms with Crippen molar-refractivity contribution in [3.05, 3.63) is 146 Å². The van der Waals surface area contributed by atoms with Crippen molar-refractivity contribution >= 4 is 54.6 Å². The van der Waals surface area contributed by atoms with Crippen LogP contribution in [-0.4, -0.2) is 9.13 Å². The number of benzene rings is 6. The molecule has 0 aliphatic rings. The maximum absolute atomic E-state index is 6.83. The number of fused-ring (bicyclic) bond motifs is 8. The first-order chi connectivity index (χ1) is 20.4. The lowest BCUT2D eigenvalue weighted by Gasteiger charge is -2.09. The summed E-state index contributed by atoms with van der Waals surface area (Å²) in [5.41, 5.74) is 9.80. The molecule has 9 aromatic rings. The van der Waals surface area contributed by atoms with Gasteiger partial charge in [0.1, 0.15) is 5.58 Å². The van der Waals surface area contributed by atoms with Crippen LogP contribution in [0.5, 0.6) is 0 Å². The van der Waals surface area contributed by atoms with E-state index in [-0.39, 0.29) is 0 Å². The Balaban J connectivity index is 1.40. The van der Waals surface area contributed by atoms with Crippen molar-refractivity contribution in [1.82, 2.24) is 9.13 Å². The first kappa shape index (κ1) is 22.3. The third kappa shape index (κ3) is 3.14. The molecular formula is C38H24N2O. The van der Waals surface area contributed by atoms with Gasteiger partial charge in [0.25, 0.3) is 0 Å². The van der Waals surface area contributed by atoms with Crippen LogP contribution in [-0.2, 0) is 0 Å². The number of para-hydroxylation sites is 4. The third-order valence-electron chi connectivity index (χ3n) is 8.35. The van der Waals surface area contributed by atoms with Gasteiger partial charge in [-0.25, -0.2) is 0 Å². The minimum absolute atomic E-state index is 0.895. The standard InChI is InChI=1S/C38H24N2O/c1-3-11-25(12-4-1)28-16-9-17-29-30-18-10-20-34(38(30)41-37(28)29)40-32-19-8-7-15-31(32)35-33(40)22-21-26-23-24-39(36(26)35)27-13-5-2-6-14-27/h1-24H. The SMILES string of the molecule is c1ccc(-c2cccc3c2oc2c(-n4c5ccccc5c5c6c(ccc54)ccn6-c4ccccc4)cccc23)cc1. The monoisotopic (exact) mass is 524 g/mol. The first-order valence-electron chi connectivity index (χ1n) is 14.0. The maximum Gasteiger partial charge on any atom is 0.159 e. The van der Waals surface area contributed by atoms with Gasteiger partial charge in [-0.3, -0.25) is 0 Å². The second-order valence-electron chi connectivity index (χ2n) is 10.6. The van der Waals surface area contributed by atoms with E-state index in [9.17, 15) is 0 Å². The third-order valence-corrected chi connectivity index (χ3v) is 8.35. The molecule has 3 nitrogen and oxygen atoms in total. The second kappa shape index (κ2) is 8.48. The van der Waals surface area contributed by atoms with Crippen LogP contribution >= 0.6 is 0 Å². The number of nitrogens with zero attached hydrogens (tertiary/aromatic N) is 2. The van der Waals surface area contributed by atoms with Crippen LogP contribution in [0, 0.1) is 0 Å². The molecule has 0 saturated heterocycles. The zero-order chi connectivity index (χ0) is 26.9. The van der Waals surface area contributed by atoms with Crippen LogP contribution < -0.4 is 0 Å². The highest BCUT2D eigenvalue weighted by molar-refractivity contribution is 6.21. The summed E-state index contributed by atoms with van der Waals surface area (Å²) in [4.78, 5) is 0. The second-order valence-corrected chi connectivity index (χ2v) is 10.6. The number of aromatic nitrogens is 2. The molecule has 0 amide bonds. The zero-order valence-electron chi connectivity index (χ0n) is 22.2. The van der Waals surface area contributed by atoms with Crippen LogP contribution in [0.25, 0.3) is 77.1 Å². The molecule has 0 atom stereocenters. The Hall–Kier alpha value is -5.54. The lowest BCUT2D eigenvalue weighted by Crippen LogP contribution is -1.95. The summed E-state index contributed by atoms with van der Waals surface area (Å²) in [7, 11) is 0. The fourth-order valence-corrected chi connectivity index (χ4v) is 6.57. The van der Waals surface area contributed by atoms with E-state index in [1.54, 1.807) is 0 Å². The number of hydrogen-bond acceptors (Lipinski definition) is 1. The van der Waals surface area contributed by atoms with Gasteiger partial charge in [-0.05, 0) is 42.0 Å². The Kier molecular flexibility index (Phi) is 4.61. The van der Waals surface area contributed by atoms with Crippen molar-refractivity contribution in [2.45, 2.75) is 0 Å². The van der Waals surface area contributed by atoms with Crippen LogP contribution in [0.2, 0.25) is 0 Å². The Morgan fingerprint density at radius 3 is 2.05 bits per heavy atom. The first-order valence-corrected chi connectivity index (χ1v) is 14.0. The molecule has 192 valence electrons. The smallest absolute Gasteiger partial charge is 0.159 e. The Morgan fingerprint density at radius 2 is 1.20 bits per heavy atom. The summed E-state index contributed by atoms with van der Waals surface area (Å²) in [6.45, 7) is 0. The lowest BCUT2D eigenvalue weighted by molar-refractivity contribution is 0.667. The molecule has 0 bridgehead atoms. The highest BCUT2D eigenvalue weighted by Crippen LogP contribution is 2.42. The lowest BCUT2D eigenvalue weighted by atomic mass is 10.0. The van der Waals surface area contributed by atoms with E-state index >= 15 is 0 Å². The summed E-state index contributed by atoms with van der Waals surface area (Å²) in [6, 6.07) is 49.4. The van der Waals surface area contributed by atoms with Crippen LogP contribution in [0.4, 0.5) is 0 Å². The van der Waals surface area contributed by atoms with Crippen LogP contribution in [0.3, 0.4) is 0 Å². The molecule has 3 aromatic heterocycles. The maximum atomic E-state index is 6.83. The van der Waals surface area contributed by atoms with Crippen molar-refractivity contribution in [2.75, 3.05) is 0 Å². The zero-order valence-corrected chi connectivity index (χ0v) is 22.2. The van der Waals surface area contributed by atoms with Crippen molar-refractivity contribution < 1.29 is 4.42 Å². The molecule has 41 heavy (non-hydrogen) atoms. The van der Waals surface area contributed by atoms with Crippen molar-refractivity contribution in [3.8, 4) is 22.5 Å². The molecule has 0 spiro atoms. The average molecular weight is 525 g/mol. The minimum Gasteiger partial charge on any atom is -0.453 e. The van der Waals surface area contributed by atoms with Gasteiger partial charge in [0.05, 0.1) is 22.2 Å². The van der Waals surface area contributed by atoms with Crippen molar-refractivity contribution in [2.24, 2.45) is 0 Å². The van der Waals surface area contributed by atoms with Crippen molar-refractivity contribution in [1.29, 1.82) is 0 Å². The molecular weight excluding hydrogens is 500 g/mol. The van der Waals surface area contributed by atoms with E-state index < -0.39 is 0 Å². The molecule has 0 N–H and O–H groups in total. The molecule has 0 fully saturated rings. The van der Waals surface area contributed by atoms with Crippen LogP contribution in [0.1, 0.15) is 0 Å². The van der Waals surface area contributed by atoms with E-state index in [1.165, 1.54) is 21.7 Å². The highest BCUT2D eigenvalue weighted by atomic mass is 16.3. The van der Waals surface area contributed by atoms with Gasteiger partial charge in [-0.1, -0.05) is 103 Å². The van der Waals surface area contributed by atoms with E-state index in [0.29, 0.717) is 0 Å². The molecule has 9 rings (SSSR count). The summed E-state index contributed by atoms with van der Waals surface area (Å²) < 4.78 is 11.5. The predicted octanol–water partition coefficient (Wildman–Crippen LogP) is 10.3. The summed E-state index contributed by atoms with van der Waals surface area (Å²) >= 11 is 0. The summed E-state index contributed by atoms with van der Waals surface area (Å²) in [5, 5.41) is 5.94. The number of rotatable bonds is 3. The fourth-order valence-electron chi connectivity index (χ4n) is 6.57. The van der Waals surface area contributed by atoms with Crippen molar-refractivity contribution in [3.63, 3.8) is 0 Å². The van der Waals surface area contributed by atoms with Gasteiger partial charge < -0.3 is 13.6 Å². The van der Waals surface area contributed by atoms with E-state index in [1.807, 2.05) is 6.07 Å². The van der Waals surface area contributed by atoms with E-state index in [2.05, 4.69) is 149 Å².